The first kappa shape index (κ1) is 10.1. The number of rotatable bonds is 4. The summed E-state index contributed by atoms with van der Waals surface area (Å²) in [5.41, 5.74) is 0.723. The van der Waals surface area contributed by atoms with Crippen molar-refractivity contribution in [2.45, 2.75) is 12.7 Å². The van der Waals surface area contributed by atoms with Gasteiger partial charge in [0.2, 0.25) is 0 Å². The van der Waals surface area contributed by atoms with Crippen molar-refractivity contribution in [3.63, 3.8) is 0 Å². The van der Waals surface area contributed by atoms with Crippen LogP contribution in [0, 0.1) is 0 Å². The maximum absolute atomic E-state index is 10.5. The Labute approximate surface area is 79.3 Å². The zero-order valence-electron chi connectivity index (χ0n) is 7.40. The number of hydrogen-bond acceptors (Lipinski definition) is 3. The molecule has 0 fully saturated rings. The third-order valence-corrected chi connectivity index (χ3v) is 2.17. The Morgan fingerprint density at radius 2 is 2.00 bits per heavy atom. The summed E-state index contributed by atoms with van der Waals surface area (Å²) in [5.74, 6) is 0.704. The minimum absolute atomic E-state index is 0.0471. The molecule has 0 amide bonds. The number of ether oxygens (including phenoxy) is 1. The van der Waals surface area contributed by atoms with Gasteiger partial charge in [-0.05, 0) is 13.0 Å². The quantitative estimate of drug-likeness (QED) is 0.743. The fourth-order valence-corrected chi connectivity index (χ4v) is 1.61. The molecule has 3 nitrogen and oxygen atoms in total. The molecule has 0 aliphatic carbocycles. The van der Waals surface area contributed by atoms with Crippen LogP contribution >= 0.6 is 0 Å². The summed E-state index contributed by atoms with van der Waals surface area (Å²) in [6.07, 6.45) is 0. The van der Waals surface area contributed by atoms with E-state index < -0.39 is 10.7 Å². The molecule has 0 aromatic heterocycles. The third-order valence-electron chi connectivity index (χ3n) is 1.57. The molecule has 0 heterocycles. The first-order valence-corrected chi connectivity index (χ1v) is 5.42. The van der Waals surface area contributed by atoms with Gasteiger partial charge < -0.3 is 4.74 Å². The van der Waals surface area contributed by atoms with E-state index >= 15 is 0 Å². The molecule has 1 aromatic rings. The van der Waals surface area contributed by atoms with Crippen molar-refractivity contribution in [3.8, 4) is 5.75 Å². The molecule has 0 aliphatic rings. The Hall–Kier alpha value is -1.03. The first-order chi connectivity index (χ1) is 6.24. The van der Waals surface area contributed by atoms with Gasteiger partial charge in [-0.1, -0.05) is 18.2 Å². The van der Waals surface area contributed by atoms with Crippen LogP contribution in [0.3, 0.4) is 0 Å². The predicted molar refractivity (Wildman–Crippen MR) is 51.6 cm³/mol. The van der Waals surface area contributed by atoms with Gasteiger partial charge in [-0.25, -0.2) is 8.42 Å². The van der Waals surface area contributed by atoms with E-state index in [9.17, 15) is 8.42 Å². The van der Waals surface area contributed by atoms with Crippen LogP contribution in [0.15, 0.2) is 24.3 Å². The van der Waals surface area contributed by atoms with Gasteiger partial charge in [0.15, 0.2) is 0 Å². The van der Waals surface area contributed by atoms with E-state index in [2.05, 4.69) is 0 Å². The number of para-hydroxylation sites is 1. The molecule has 72 valence electrons. The van der Waals surface area contributed by atoms with Crippen LogP contribution in [0.2, 0.25) is 0 Å². The average Bonchev–Trinajstić information content (AvgIpc) is 2.08. The maximum Gasteiger partial charge on any atom is 0.144 e. The standard InChI is InChI=1S/C9H12O3S/c1-2-12-9-6-4-3-5-8(9)7-13(10)11/h3-6,13H,2,7H2,1H3. The lowest BCUT2D eigenvalue weighted by Crippen LogP contribution is -1.96. The highest BCUT2D eigenvalue weighted by molar-refractivity contribution is 7.71. The van der Waals surface area contributed by atoms with Gasteiger partial charge in [0.05, 0.1) is 12.4 Å². The Kier molecular flexibility index (Phi) is 3.76. The highest BCUT2D eigenvalue weighted by Crippen LogP contribution is 2.18. The normalized spacial score (nSPS) is 10.3. The highest BCUT2D eigenvalue weighted by atomic mass is 32.2. The molecule has 0 bridgehead atoms. The van der Waals surface area contributed by atoms with E-state index in [1.807, 2.05) is 13.0 Å². The van der Waals surface area contributed by atoms with Crippen LogP contribution in [0.1, 0.15) is 12.5 Å². The Bertz CT molecular complexity index is 336. The van der Waals surface area contributed by atoms with Crippen LogP contribution in [0.5, 0.6) is 5.75 Å². The van der Waals surface area contributed by atoms with Crippen LogP contribution in [-0.2, 0) is 16.5 Å². The van der Waals surface area contributed by atoms with Gasteiger partial charge >= 0.3 is 0 Å². The molecule has 13 heavy (non-hydrogen) atoms. The van der Waals surface area contributed by atoms with Crippen LogP contribution < -0.4 is 4.74 Å². The molecule has 0 N–H and O–H groups in total. The molecule has 0 saturated carbocycles. The van der Waals surface area contributed by atoms with E-state index in [1.165, 1.54) is 0 Å². The molecule has 1 aromatic carbocycles. The second-order valence-corrected chi connectivity index (χ2v) is 3.51. The first-order valence-electron chi connectivity index (χ1n) is 4.06. The second-order valence-electron chi connectivity index (χ2n) is 2.53. The zero-order valence-corrected chi connectivity index (χ0v) is 8.29. The molecule has 1 rings (SSSR count). The highest BCUT2D eigenvalue weighted by Gasteiger charge is 2.02. The largest absolute Gasteiger partial charge is 0.494 e. The summed E-state index contributed by atoms with van der Waals surface area (Å²) in [7, 11) is -2.38. The van der Waals surface area contributed by atoms with Gasteiger partial charge in [-0.2, -0.15) is 0 Å². The van der Waals surface area contributed by atoms with Gasteiger partial charge in [-0.15, -0.1) is 0 Å². The van der Waals surface area contributed by atoms with Crippen LogP contribution in [0.4, 0.5) is 0 Å². The van der Waals surface area contributed by atoms with E-state index in [0.29, 0.717) is 12.4 Å². The van der Waals surface area contributed by atoms with Gasteiger partial charge in [0, 0.05) is 5.56 Å². The summed E-state index contributed by atoms with van der Waals surface area (Å²) in [6, 6.07) is 7.16. The van der Waals surface area contributed by atoms with E-state index in [4.69, 9.17) is 4.74 Å². The van der Waals surface area contributed by atoms with Crippen molar-refractivity contribution < 1.29 is 13.2 Å². The van der Waals surface area contributed by atoms with Crippen molar-refractivity contribution in [2.24, 2.45) is 0 Å². The fourth-order valence-electron chi connectivity index (χ4n) is 1.07. The predicted octanol–water partition coefficient (Wildman–Crippen LogP) is 1.20. The lowest BCUT2D eigenvalue weighted by atomic mass is 10.2. The topological polar surface area (TPSA) is 43.4 Å². The van der Waals surface area contributed by atoms with Gasteiger partial charge in [0.1, 0.15) is 16.5 Å². The smallest absolute Gasteiger partial charge is 0.144 e. The molecule has 4 heteroatoms. The van der Waals surface area contributed by atoms with Gasteiger partial charge in [0.25, 0.3) is 0 Å². The van der Waals surface area contributed by atoms with E-state index in [-0.39, 0.29) is 5.75 Å². The van der Waals surface area contributed by atoms with Crippen molar-refractivity contribution in [2.75, 3.05) is 6.61 Å². The van der Waals surface area contributed by atoms with Gasteiger partial charge in [-0.3, -0.25) is 0 Å². The van der Waals surface area contributed by atoms with Crippen molar-refractivity contribution in [1.29, 1.82) is 0 Å². The number of hydrogen-bond donors (Lipinski definition) is 1. The second kappa shape index (κ2) is 4.87. The van der Waals surface area contributed by atoms with Crippen molar-refractivity contribution in [3.05, 3.63) is 29.8 Å². The third kappa shape index (κ3) is 3.06. The molecule has 0 saturated heterocycles. The minimum atomic E-state index is -2.38. The van der Waals surface area contributed by atoms with Crippen LogP contribution in [0.25, 0.3) is 0 Å². The summed E-state index contributed by atoms with van der Waals surface area (Å²) >= 11 is 0. The summed E-state index contributed by atoms with van der Waals surface area (Å²) in [4.78, 5) is 0. The van der Waals surface area contributed by atoms with E-state index in [1.54, 1.807) is 18.2 Å². The number of benzene rings is 1. The lowest BCUT2D eigenvalue weighted by molar-refractivity contribution is 0.337. The van der Waals surface area contributed by atoms with Crippen molar-refractivity contribution in [1.82, 2.24) is 0 Å². The Morgan fingerprint density at radius 1 is 1.31 bits per heavy atom. The number of thiol groups is 1. The minimum Gasteiger partial charge on any atom is -0.494 e. The molecule has 0 aliphatic heterocycles. The van der Waals surface area contributed by atoms with E-state index in [0.717, 1.165) is 5.56 Å². The summed E-state index contributed by atoms with van der Waals surface area (Å²) < 4.78 is 26.3. The fraction of sp³-hybridized carbons (Fsp3) is 0.333. The zero-order chi connectivity index (χ0) is 9.68. The molecule has 0 radical (unpaired) electrons. The maximum atomic E-state index is 10.5. The average molecular weight is 200 g/mol. The lowest BCUT2D eigenvalue weighted by Gasteiger charge is -2.06. The molecule has 0 spiro atoms. The summed E-state index contributed by atoms with van der Waals surface area (Å²) in [6.45, 7) is 2.42. The molecule has 0 unspecified atom stereocenters. The Balaban J connectivity index is 2.90. The van der Waals surface area contributed by atoms with Crippen LogP contribution in [-0.4, -0.2) is 15.0 Å². The summed E-state index contributed by atoms with van der Waals surface area (Å²) in [5, 5.41) is 0. The SMILES string of the molecule is CCOc1ccccc1C[SH](=O)=O. The molecule has 0 atom stereocenters. The van der Waals surface area contributed by atoms with Crippen molar-refractivity contribution >= 4 is 10.7 Å². The Morgan fingerprint density at radius 3 is 2.62 bits per heavy atom. The molecular weight excluding hydrogens is 188 g/mol. The molecular formula is C9H12O3S. The monoisotopic (exact) mass is 200 g/mol.